The minimum absolute atomic E-state index is 0.321. The van der Waals surface area contributed by atoms with Crippen LogP contribution in [0.3, 0.4) is 0 Å². The van der Waals surface area contributed by atoms with E-state index in [9.17, 15) is 0 Å². The summed E-state index contributed by atoms with van der Waals surface area (Å²) < 4.78 is 5.28. The Kier molecular flexibility index (Phi) is 2.54. The van der Waals surface area contributed by atoms with Crippen LogP contribution in [-0.2, 0) is 0 Å². The van der Waals surface area contributed by atoms with Crippen molar-refractivity contribution in [2.75, 3.05) is 23.8 Å². The van der Waals surface area contributed by atoms with Gasteiger partial charge in [0.1, 0.15) is 12.5 Å². The van der Waals surface area contributed by atoms with Crippen LogP contribution in [0.2, 0.25) is 0 Å². The summed E-state index contributed by atoms with van der Waals surface area (Å²) >= 11 is 0. The van der Waals surface area contributed by atoms with Crippen LogP contribution in [0.15, 0.2) is 35.1 Å². The lowest BCUT2D eigenvalue weighted by atomic mass is 9.94. The van der Waals surface area contributed by atoms with E-state index in [2.05, 4.69) is 49.3 Å². The van der Waals surface area contributed by atoms with Gasteiger partial charge in [0, 0.05) is 13.6 Å². The molecule has 0 bridgehead atoms. The van der Waals surface area contributed by atoms with E-state index in [0.717, 1.165) is 17.9 Å². The lowest BCUT2D eigenvalue weighted by molar-refractivity contribution is 0.568. The molecule has 1 atom stereocenters. The first kappa shape index (κ1) is 11.2. The predicted molar refractivity (Wildman–Crippen MR) is 74.3 cm³/mol. The molecule has 94 valence electrons. The van der Waals surface area contributed by atoms with Crippen molar-refractivity contribution in [3.05, 3.63) is 47.4 Å². The predicted octanol–water partition coefficient (Wildman–Crippen LogP) is 3.50. The third kappa shape index (κ3) is 1.67. The highest BCUT2D eigenvalue weighted by Crippen LogP contribution is 2.37. The topological polar surface area (TPSA) is 28.4 Å². The number of aryl methyl sites for hydroxylation is 2. The summed E-state index contributed by atoms with van der Waals surface area (Å²) in [5.41, 5.74) is 6.30. The number of furan rings is 1. The summed E-state index contributed by atoms with van der Waals surface area (Å²) in [5, 5.41) is 3.57. The second-order valence-corrected chi connectivity index (χ2v) is 5.05. The molecule has 1 aromatic carbocycles. The van der Waals surface area contributed by atoms with Gasteiger partial charge in [0.15, 0.2) is 0 Å². The van der Waals surface area contributed by atoms with Gasteiger partial charge in [-0.15, -0.1) is 0 Å². The van der Waals surface area contributed by atoms with Gasteiger partial charge in [0.25, 0.3) is 0 Å². The van der Waals surface area contributed by atoms with E-state index in [-0.39, 0.29) is 0 Å². The SMILES string of the molecule is Cc1cccc(C)c1C1CN(C)c2cocc2N1. The number of likely N-dealkylation sites (N-methyl/N-ethyl adjacent to an activating group) is 1. The largest absolute Gasteiger partial charge is 0.468 e. The molecule has 1 unspecified atom stereocenters. The fourth-order valence-electron chi connectivity index (χ4n) is 2.84. The smallest absolute Gasteiger partial charge is 0.116 e. The zero-order valence-corrected chi connectivity index (χ0v) is 11.0. The molecule has 2 heterocycles. The Morgan fingerprint density at radius 3 is 2.67 bits per heavy atom. The fraction of sp³-hybridized carbons (Fsp3) is 0.333. The van der Waals surface area contributed by atoms with Gasteiger partial charge in [-0.1, -0.05) is 18.2 Å². The van der Waals surface area contributed by atoms with E-state index in [1.807, 2.05) is 0 Å². The minimum atomic E-state index is 0.321. The average Bonchev–Trinajstić information content (AvgIpc) is 2.77. The Hall–Kier alpha value is -1.90. The number of nitrogens with one attached hydrogen (secondary N) is 1. The van der Waals surface area contributed by atoms with Crippen LogP contribution in [0.5, 0.6) is 0 Å². The zero-order chi connectivity index (χ0) is 12.7. The van der Waals surface area contributed by atoms with Gasteiger partial charge in [-0.2, -0.15) is 0 Å². The Morgan fingerprint density at radius 1 is 1.22 bits per heavy atom. The molecule has 0 spiro atoms. The molecule has 0 fully saturated rings. The fourth-order valence-corrected chi connectivity index (χ4v) is 2.84. The maximum Gasteiger partial charge on any atom is 0.116 e. The molecule has 0 amide bonds. The zero-order valence-electron chi connectivity index (χ0n) is 11.0. The first-order valence-corrected chi connectivity index (χ1v) is 6.27. The highest BCUT2D eigenvalue weighted by molar-refractivity contribution is 5.71. The van der Waals surface area contributed by atoms with Gasteiger partial charge < -0.3 is 14.6 Å². The van der Waals surface area contributed by atoms with Gasteiger partial charge in [0.05, 0.1) is 17.4 Å². The van der Waals surface area contributed by atoms with Crippen molar-refractivity contribution in [3.63, 3.8) is 0 Å². The molecular weight excluding hydrogens is 224 g/mol. The summed E-state index contributed by atoms with van der Waals surface area (Å²) in [6, 6.07) is 6.79. The highest BCUT2D eigenvalue weighted by atomic mass is 16.3. The number of nitrogens with zero attached hydrogens (tertiary/aromatic N) is 1. The quantitative estimate of drug-likeness (QED) is 0.829. The molecular formula is C15H18N2O. The van der Waals surface area contributed by atoms with E-state index in [0.29, 0.717) is 6.04 Å². The van der Waals surface area contributed by atoms with Gasteiger partial charge in [-0.05, 0) is 30.5 Å². The number of anilines is 2. The van der Waals surface area contributed by atoms with Gasteiger partial charge in [-0.25, -0.2) is 0 Å². The van der Waals surface area contributed by atoms with Crippen molar-refractivity contribution in [1.82, 2.24) is 0 Å². The molecule has 1 N–H and O–H groups in total. The van der Waals surface area contributed by atoms with Gasteiger partial charge in [-0.3, -0.25) is 0 Å². The maximum atomic E-state index is 5.28. The number of hydrogen-bond donors (Lipinski definition) is 1. The molecule has 18 heavy (non-hydrogen) atoms. The van der Waals surface area contributed by atoms with Crippen molar-refractivity contribution in [3.8, 4) is 0 Å². The van der Waals surface area contributed by atoms with Crippen molar-refractivity contribution >= 4 is 11.4 Å². The van der Waals surface area contributed by atoms with Crippen LogP contribution in [0.1, 0.15) is 22.7 Å². The molecule has 1 aromatic heterocycles. The maximum absolute atomic E-state index is 5.28. The van der Waals surface area contributed by atoms with Crippen molar-refractivity contribution in [1.29, 1.82) is 0 Å². The summed E-state index contributed by atoms with van der Waals surface area (Å²) in [4.78, 5) is 2.24. The molecule has 0 saturated carbocycles. The number of benzene rings is 1. The molecule has 2 aromatic rings. The van der Waals surface area contributed by atoms with Crippen molar-refractivity contribution in [2.45, 2.75) is 19.9 Å². The Labute approximate surface area is 107 Å². The molecule has 1 aliphatic rings. The Morgan fingerprint density at radius 2 is 1.94 bits per heavy atom. The summed E-state index contributed by atoms with van der Waals surface area (Å²) in [6.07, 6.45) is 3.58. The second kappa shape index (κ2) is 4.09. The van der Waals surface area contributed by atoms with E-state index in [4.69, 9.17) is 4.42 Å². The van der Waals surface area contributed by atoms with E-state index in [1.54, 1.807) is 12.5 Å². The lowest BCUT2D eigenvalue weighted by Crippen LogP contribution is -2.33. The summed E-state index contributed by atoms with van der Waals surface area (Å²) in [6.45, 7) is 5.31. The Balaban J connectivity index is 2.01. The van der Waals surface area contributed by atoms with E-state index >= 15 is 0 Å². The molecule has 0 aliphatic carbocycles. The van der Waals surface area contributed by atoms with E-state index in [1.165, 1.54) is 16.7 Å². The molecule has 0 saturated heterocycles. The molecule has 0 radical (unpaired) electrons. The number of fused-ring (bicyclic) bond motifs is 1. The van der Waals surface area contributed by atoms with Crippen LogP contribution in [0, 0.1) is 13.8 Å². The first-order chi connectivity index (χ1) is 8.66. The third-order valence-corrected chi connectivity index (χ3v) is 3.73. The van der Waals surface area contributed by atoms with Gasteiger partial charge >= 0.3 is 0 Å². The van der Waals surface area contributed by atoms with Crippen LogP contribution in [-0.4, -0.2) is 13.6 Å². The van der Waals surface area contributed by atoms with Crippen LogP contribution in [0.25, 0.3) is 0 Å². The normalized spacial score (nSPS) is 18.4. The second-order valence-electron chi connectivity index (χ2n) is 5.05. The summed E-state index contributed by atoms with van der Waals surface area (Å²) in [7, 11) is 2.11. The van der Waals surface area contributed by atoms with Gasteiger partial charge in [0.2, 0.25) is 0 Å². The molecule has 1 aliphatic heterocycles. The first-order valence-electron chi connectivity index (χ1n) is 6.27. The van der Waals surface area contributed by atoms with Crippen molar-refractivity contribution in [2.24, 2.45) is 0 Å². The minimum Gasteiger partial charge on any atom is -0.468 e. The Bertz CT molecular complexity index is 553. The highest BCUT2D eigenvalue weighted by Gasteiger charge is 2.25. The molecule has 3 heteroatoms. The van der Waals surface area contributed by atoms with Crippen LogP contribution < -0.4 is 10.2 Å². The van der Waals surface area contributed by atoms with Crippen LogP contribution in [0.4, 0.5) is 11.4 Å². The third-order valence-electron chi connectivity index (χ3n) is 3.73. The standard InChI is InChI=1S/C15H18N2O/c1-10-5-4-6-11(2)15(10)12-7-17(3)14-9-18-8-13(14)16-12/h4-6,8-9,12,16H,7H2,1-3H3. The van der Waals surface area contributed by atoms with Crippen LogP contribution >= 0.6 is 0 Å². The molecule has 3 rings (SSSR count). The number of rotatable bonds is 1. The average molecular weight is 242 g/mol. The molecule has 3 nitrogen and oxygen atoms in total. The number of hydrogen-bond acceptors (Lipinski definition) is 3. The van der Waals surface area contributed by atoms with Crippen molar-refractivity contribution < 1.29 is 4.42 Å². The monoisotopic (exact) mass is 242 g/mol. The van der Waals surface area contributed by atoms with E-state index < -0.39 is 0 Å². The summed E-state index contributed by atoms with van der Waals surface area (Å²) in [5.74, 6) is 0. The lowest BCUT2D eigenvalue weighted by Gasteiger charge is -2.34.